The molecule has 0 aromatic rings. The lowest BCUT2D eigenvalue weighted by atomic mass is 10.0. The second-order valence-corrected chi connectivity index (χ2v) is 14.2. The van der Waals surface area contributed by atoms with Crippen LogP contribution >= 0.6 is 0 Å². The standard InChI is InChI=1S/C45H80O6/c1-4-7-10-13-16-19-21-23-25-26-29-32-35-38-44(47)50-41-42(40-49-43(46)37-34-31-28-18-15-12-9-6-3)51-45(48)39-36-33-30-27-24-22-20-17-14-11-8-5-2/h7,10,16,19,23,25,42H,4-6,8-9,11-15,17-18,20-22,24,26-41H2,1-3H3/b10-7-,19-16-,25-23-. The fraction of sp³-hybridized carbons (Fsp3) is 0.800. The molecule has 0 aliphatic rings. The number of allylic oxidation sites excluding steroid dienone is 6. The van der Waals surface area contributed by atoms with Crippen molar-refractivity contribution >= 4 is 17.9 Å². The number of carbonyl (C=O) groups excluding carboxylic acids is 3. The predicted molar refractivity (Wildman–Crippen MR) is 215 cm³/mol. The van der Waals surface area contributed by atoms with Crippen LogP contribution in [0.1, 0.15) is 213 Å². The fourth-order valence-corrected chi connectivity index (χ4v) is 5.93. The van der Waals surface area contributed by atoms with Gasteiger partial charge in [-0.1, -0.05) is 179 Å². The molecular weight excluding hydrogens is 636 g/mol. The van der Waals surface area contributed by atoms with Crippen LogP contribution in [0.2, 0.25) is 0 Å². The molecule has 1 unspecified atom stereocenters. The number of hydrogen-bond acceptors (Lipinski definition) is 6. The number of esters is 3. The van der Waals surface area contributed by atoms with E-state index in [-0.39, 0.29) is 31.1 Å². The highest BCUT2D eigenvalue weighted by molar-refractivity contribution is 5.71. The molecule has 0 saturated heterocycles. The molecule has 0 rings (SSSR count). The van der Waals surface area contributed by atoms with Gasteiger partial charge in [0.1, 0.15) is 13.2 Å². The van der Waals surface area contributed by atoms with Crippen LogP contribution in [0.4, 0.5) is 0 Å². The van der Waals surface area contributed by atoms with Gasteiger partial charge in [-0.2, -0.15) is 0 Å². The Labute approximate surface area is 315 Å². The van der Waals surface area contributed by atoms with Gasteiger partial charge in [0, 0.05) is 19.3 Å². The topological polar surface area (TPSA) is 78.9 Å². The lowest BCUT2D eigenvalue weighted by Crippen LogP contribution is -2.30. The molecular formula is C45H80O6. The highest BCUT2D eigenvalue weighted by atomic mass is 16.6. The summed E-state index contributed by atoms with van der Waals surface area (Å²) in [6, 6.07) is 0. The quantitative estimate of drug-likeness (QED) is 0.0274. The highest BCUT2D eigenvalue weighted by Gasteiger charge is 2.19. The average molecular weight is 717 g/mol. The molecule has 0 N–H and O–H groups in total. The summed E-state index contributed by atoms with van der Waals surface area (Å²) in [5, 5.41) is 0. The highest BCUT2D eigenvalue weighted by Crippen LogP contribution is 2.14. The molecule has 0 aromatic carbocycles. The molecule has 296 valence electrons. The van der Waals surface area contributed by atoms with Crippen LogP contribution in [0, 0.1) is 0 Å². The van der Waals surface area contributed by atoms with E-state index >= 15 is 0 Å². The smallest absolute Gasteiger partial charge is 0.306 e. The van der Waals surface area contributed by atoms with Crippen LogP contribution in [0.3, 0.4) is 0 Å². The molecule has 0 aliphatic heterocycles. The molecule has 51 heavy (non-hydrogen) atoms. The maximum atomic E-state index is 12.7. The van der Waals surface area contributed by atoms with Gasteiger partial charge in [-0.3, -0.25) is 14.4 Å². The van der Waals surface area contributed by atoms with Crippen molar-refractivity contribution in [2.45, 2.75) is 219 Å². The molecule has 6 nitrogen and oxygen atoms in total. The molecule has 0 heterocycles. The first-order chi connectivity index (χ1) is 25.0. The fourth-order valence-electron chi connectivity index (χ4n) is 5.93. The van der Waals surface area contributed by atoms with E-state index in [4.69, 9.17) is 14.2 Å². The van der Waals surface area contributed by atoms with Gasteiger partial charge < -0.3 is 14.2 Å². The van der Waals surface area contributed by atoms with Crippen LogP contribution in [0.5, 0.6) is 0 Å². The van der Waals surface area contributed by atoms with Crippen molar-refractivity contribution in [2.75, 3.05) is 13.2 Å². The molecule has 0 saturated carbocycles. The maximum Gasteiger partial charge on any atom is 0.306 e. The van der Waals surface area contributed by atoms with Crippen molar-refractivity contribution in [1.82, 2.24) is 0 Å². The summed E-state index contributed by atoms with van der Waals surface area (Å²) in [6.07, 6.45) is 44.2. The molecule has 0 aliphatic carbocycles. The van der Waals surface area contributed by atoms with Gasteiger partial charge in [0.15, 0.2) is 6.10 Å². The van der Waals surface area contributed by atoms with Gasteiger partial charge >= 0.3 is 17.9 Å². The molecule has 0 aromatic heterocycles. The van der Waals surface area contributed by atoms with Crippen molar-refractivity contribution in [3.8, 4) is 0 Å². The van der Waals surface area contributed by atoms with Crippen molar-refractivity contribution < 1.29 is 28.6 Å². The lowest BCUT2D eigenvalue weighted by Gasteiger charge is -2.18. The van der Waals surface area contributed by atoms with E-state index in [2.05, 4.69) is 57.2 Å². The second kappa shape index (κ2) is 40.4. The van der Waals surface area contributed by atoms with E-state index in [1.807, 2.05) is 0 Å². The molecule has 6 heteroatoms. The first kappa shape index (κ1) is 48.6. The van der Waals surface area contributed by atoms with E-state index in [0.29, 0.717) is 19.3 Å². The van der Waals surface area contributed by atoms with Crippen LogP contribution in [-0.2, 0) is 28.6 Å². The first-order valence-electron chi connectivity index (χ1n) is 21.5. The first-order valence-corrected chi connectivity index (χ1v) is 21.5. The van der Waals surface area contributed by atoms with Gasteiger partial charge in [-0.25, -0.2) is 0 Å². The summed E-state index contributed by atoms with van der Waals surface area (Å²) in [7, 11) is 0. The molecule has 0 radical (unpaired) electrons. The van der Waals surface area contributed by atoms with Gasteiger partial charge in [-0.15, -0.1) is 0 Å². The number of carbonyl (C=O) groups is 3. The number of rotatable bonds is 38. The minimum absolute atomic E-state index is 0.0791. The number of hydrogen-bond donors (Lipinski definition) is 0. The number of unbranched alkanes of at least 4 members (excludes halogenated alkanes) is 21. The van der Waals surface area contributed by atoms with Crippen molar-refractivity contribution in [3.05, 3.63) is 36.5 Å². The molecule has 0 amide bonds. The Bertz CT molecular complexity index is 876. The SMILES string of the molecule is CC/C=C\C/C=C\C/C=C\CCCCCC(=O)OCC(COC(=O)CCCCCCCCCC)OC(=O)CCCCCCCCCCCCCC. The Morgan fingerprint density at radius 3 is 1.20 bits per heavy atom. The molecule has 1 atom stereocenters. The summed E-state index contributed by atoms with van der Waals surface area (Å²) in [4.78, 5) is 37.5. The van der Waals surface area contributed by atoms with Gasteiger partial charge in [0.25, 0.3) is 0 Å². The van der Waals surface area contributed by atoms with Crippen LogP contribution in [0.15, 0.2) is 36.5 Å². The van der Waals surface area contributed by atoms with Gasteiger partial charge in [0.05, 0.1) is 0 Å². The summed E-state index contributed by atoms with van der Waals surface area (Å²) in [5.74, 6) is -0.914. The lowest BCUT2D eigenvalue weighted by molar-refractivity contribution is -0.167. The van der Waals surface area contributed by atoms with E-state index < -0.39 is 6.10 Å². The average Bonchev–Trinajstić information content (AvgIpc) is 3.12. The predicted octanol–water partition coefficient (Wildman–Crippen LogP) is 13.4. The summed E-state index contributed by atoms with van der Waals surface area (Å²) in [5.41, 5.74) is 0. The summed E-state index contributed by atoms with van der Waals surface area (Å²) < 4.78 is 16.6. The second-order valence-electron chi connectivity index (χ2n) is 14.2. The van der Waals surface area contributed by atoms with Crippen LogP contribution in [0.25, 0.3) is 0 Å². The van der Waals surface area contributed by atoms with E-state index in [1.54, 1.807) is 0 Å². The zero-order valence-electron chi connectivity index (χ0n) is 33.6. The third kappa shape index (κ3) is 38.7. The Balaban J connectivity index is 4.39. The Kier molecular flexibility index (Phi) is 38.5. The normalized spacial score (nSPS) is 12.3. The van der Waals surface area contributed by atoms with Crippen molar-refractivity contribution in [1.29, 1.82) is 0 Å². The third-order valence-electron chi connectivity index (χ3n) is 9.16. The van der Waals surface area contributed by atoms with Gasteiger partial charge in [-0.05, 0) is 51.4 Å². The van der Waals surface area contributed by atoms with Crippen molar-refractivity contribution in [2.24, 2.45) is 0 Å². The monoisotopic (exact) mass is 717 g/mol. The maximum absolute atomic E-state index is 12.7. The summed E-state index contributed by atoms with van der Waals surface area (Å²) in [6.45, 7) is 6.45. The zero-order chi connectivity index (χ0) is 37.3. The molecule has 0 bridgehead atoms. The minimum Gasteiger partial charge on any atom is -0.462 e. The minimum atomic E-state index is -0.775. The summed E-state index contributed by atoms with van der Waals surface area (Å²) >= 11 is 0. The van der Waals surface area contributed by atoms with Crippen LogP contribution in [-0.4, -0.2) is 37.2 Å². The zero-order valence-corrected chi connectivity index (χ0v) is 33.6. The van der Waals surface area contributed by atoms with E-state index in [9.17, 15) is 14.4 Å². The van der Waals surface area contributed by atoms with E-state index in [1.165, 1.54) is 89.9 Å². The Morgan fingerprint density at radius 1 is 0.412 bits per heavy atom. The Morgan fingerprint density at radius 2 is 0.765 bits per heavy atom. The third-order valence-corrected chi connectivity index (χ3v) is 9.16. The number of ether oxygens (including phenoxy) is 3. The Hall–Kier alpha value is -2.37. The largest absolute Gasteiger partial charge is 0.462 e. The van der Waals surface area contributed by atoms with E-state index in [0.717, 1.165) is 83.5 Å². The van der Waals surface area contributed by atoms with Gasteiger partial charge in [0.2, 0.25) is 0 Å². The van der Waals surface area contributed by atoms with Crippen LogP contribution < -0.4 is 0 Å². The molecule has 0 spiro atoms. The van der Waals surface area contributed by atoms with Crippen molar-refractivity contribution in [3.63, 3.8) is 0 Å². The molecule has 0 fully saturated rings.